The van der Waals surface area contributed by atoms with Crippen molar-refractivity contribution in [2.24, 2.45) is 4.99 Å². The Kier molecular flexibility index (Phi) is 6.57. The van der Waals surface area contributed by atoms with Crippen molar-refractivity contribution in [2.45, 2.75) is 29.9 Å². The van der Waals surface area contributed by atoms with Crippen LogP contribution in [0, 0.1) is 0 Å². The average Bonchev–Trinajstić information content (AvgIpc) is 3.43. The van der Waals surface area contributed by atoms with Crippen LogP contribution in [0.2, 0.25) is 0 Å². The van der Waals surface area contributed by atoms with E-state index in [4.69, 9.17) is 9.15 Å². The van der Waals surface area contributed by atoms with Crippen molar-refractivity contribution in [1.82, 2.24) is 4.57 Å². The van der Waals surface area contributed by atoms with Gasteiger partial charge in [-0.1, -0.05) is 71.6 Å². The van der Waals surface area contributed by atoms with Crippen molar-refractivity contribution in [2.75, 3.05) is 6.61 Å². The second-order valence-corrected chi connectivity index (χ2v) is 9.87. The fraction of sp³-hybridized carbons (Fsp3) is 0.148. The zero-order valence-electron chi connectivity index (χ0n) is 19.1. The molecule has 2 aromatic heterocycles. The van der Waals surface area contributed by atoms with Crippen LogP contribution in [0.3, 0.4) is 0 Å². The smallest absolute Gasteiger partial charge is 0.338 e. The van der Waals surface area contributed by atoms with Gasteiger partial charge in [-0.2, -0.15) is 0 Å². The van der Waals surface area contributed by atoms with Crippen LogP contribution in [-0.2, 0) is 9.53 Å². The number of hydrogen-bond donors (Lipinski definition) is 0. The van der Waals surface area contributed by atoms with Gasteiger partial charge in [-0.3, -0.25) is 9.36 Å². The lowest BCUT2D eigenvalue weighted by molar-refractivity contribution is -0.139. The van der Waals surface area contributed by atoms with Crippen molar-refractivity contribution in [3.8, 4) is 0 Å². The fourth-order valence-corrected chi connectivity index (χ4v) is 5.77. The van der Waals surface area contributed by atoms with Crippen LogP contribution in [0.1, 0.15) is 31.2 Å². The quantitative estimate of drug-likeness (QED) is 0.362. The summed E-state index contributed by atoms with van der Waals surface area (Å²) in [6, 6.07) is 22.5. The Morgan fingerprint density at radius 2 is 1.83 bits per heavy atom. The Morgan fingerprint density at radius 3 is 2.54 bits per heavy atom. The highest BCUT2D eigenvalue weighted by molar-refractivity contribution is 7.99. The number of carbonyl (C=O) groups is 1. The van der Waals surface area contributed by atoms with E-state index in [9.17, 15) is 9.59 Å². The molecule has 0 aliphatic carbocycles. The maximum atomic E-state index is 13.6. The first-order valence-electron chi connectivity index (χ1n) is 11.1. The molecule has 6 nitrogen and oxygen atoms in total. The molecule has 0 unspecified atom stereocenters. The zero-order chi connectivity index (χ0) is 24.4. The molecule has 8 heteroatoms. The van der Waals surface area contributed by atoms with Crippen LogP contribution in [0.25, 0.3) is 6.08 Å². The highest BCUT2D eigenvalue weighted by Crippen LogP contribution is 2.31. The fourth-order valence-electron chi connectivity index (χ4n) is 3.94. The van der Waals surface area contributed by atoms with Gasteiger partial charge in [0.05, 0.1) is 28.5 Å². The maximum absolute atomic E-state index is 13.6. The first kappa shape index (κ1) is 23.1. The Hall–Kier alpha value is -3.62. The minimum atomic E-state index is -0.616. The number of rotatable bonds is 6. The van der Waals surface area contributed by atoms with Gasteiger partial charge in [0.2, 0.25) is 0 Å². The van der Waals surface area contributed by atoms with E-state index in [1.54, 1.807) is 24.5 Å². The number of nitrogens with zero attached hydrogens (tertiary/aromatic N) is 2. The number of fused-ring (bicyclic) bond motifs is 1. The molecule has 1 aliphatic heterocycles. The first-order chi connectivity index (χ1) is 17.0. The molecule has 0 amide bonds. The van der Waals surface area contributed by atoms with Crippen LogP contribution in [0.4, 0.5) is 0 Å². The second-order valence-electron chi connectivity index (χ2n) is 7.78. The number of hydrogen-bond acceptors (Lipinski definition) is 7. The lowest BCUT2D eigenvalue weighted by Gasteiger charge is -2.24. The molecule has 0 saturated carbocycles. The summed E-state index contributed by atoms with van der Waals surface area (Å²) >= 11 is 2.79. The molecule has 176 valence electrons. The summed E-state index contributed by atoms with van der Waals surface area (Å²) in [5, 5.41) is 0.734. The molecular weight excluding hydrogens is 480 g/mol. The number of benzene rings is 2. The van der Waals surface area contributed by atoms with E-state index in [1.165, 1.54) is 23.1 Å². The van der Waals surface area contributed by atoms with E-state index in [1.807, 2.05) is 72.8 Å². The number of furan rings is 1. The minimum absolute atomic E-state index is 0.231. The van der Waals surface area contributed by atoms with Crippen molar-refractivity contribution in [1.29, 1.82) is 0 Å². The zero-order valence-corrected chi connectivity index (χ0v) is 20.8. The lowest BCUT2D eigenvalue weighted by Crippen LogP contribution is -2.39. The molecule has 1 aliphatic rings. The van der Waals surface area contributed by atoms with Crippen LogP contribution in [0.15, 0.2) is 108 Å². The van der Waals surface area contributed by atoms with Gasteiger partial charge in [-0.25, -0.2) is 9.79 Å². The summed E-state index contributed by atoms with van der Waals surface area (Å²) in [5.41, 5.74) is 1.50. The van der Waals surface area contributed by atoms with Crippen LogP contribution in [-0.4, -0.2) is 17.1 Å². The van der Waals surface area contributed by atoms with E-state index >= 15 is 0 Å². The number of carbonyl (C=O) groups excluding carboxylic acids is 1. The highest BCUT2D eigenvalue weighted by Gasteiger charge is 2.33. The SMILES string of the molecule is CCOC(=O)C1=C(C)N=c2s/c(=C/c3ccc(Sc4ccccc4)o3)c(=O)n2[C@H]1c1ccccc1. The van der Waals surface area contributed by atoms with Crippen molar-refractivity contribution < 1.29 is 13.9 Å². The van der Waals surface area contributed by atoms with Gasteiger partial charge in [-0.15, -0.1) is 0 Å². The first-order valence-corrected chi connectivity index (χ1v) is 12.8. The molecule has 0 fully saturated rings. The predicted molar refractivity (Wildman–Crippen MR) is 136 cm³/mol. The topological polar surface area (TPSA) is 73.8 Å². The van der Waals surface area contributed by atoms with E-state index in [2.05, 4.69) is 4.99 Å². The molecule has 0 N–H and O–H groups in total. The largest absolute Gasteiger partial charge is 0.463 e. The molecule has 0 radical (unpaired) electrons. The Bertz CT molecular complexity index is 1580. The molecule has 0 saturated heterocycles. The summed E-state index contributed by atoms with van der Waals surface area (Å²) in [7, 11) is 0. The summed E-state index contributed by atoms with van der Waals surface area (Å²) in [4.78, 5) is 32.7. The van der Waals surface area contributed by atoms with Crippen LogP contribution < -0.4 is 14.9 Å². The molecule has 2 aromatic carbocycles. The minimum Gasteiger partial charge on any atom is -0.463 e. The number of esters is 1. The summed E-state index contributed by atoms with van der Waals surface area (Å²) < 4.78 is 13.3. The van der Waals surface area contributed by atoms with Gasteiger partial charge >= 0.3 is 5.97 Å². The van der Waals surface area contributed by atoms with Crippen molar-refractivity contribution in [3.05, 3.63) is 115 Å². The van der Waals surface area contributed by atoms with E-state index in [0.29, 0.717) is 26.4 Å². The molecule has 0 bridgehead atoms. The van der Waals surface area contributed by atoms with Gasteiger partial charge in [0.25, 0.3) is 5.56 Å². The lowest BCUT2D eigenvalue weighted by atomic mass is 9.96. The third-order valence-electron chi connectivity index (χ3n) is 5.47. The second kappa shape index (κ2) is 9.93. The van der Waals surface area contributed by atoms with Crippen LogP contribution >= 0.6 is 23.1 Å². The summed E-state index contributed by atoms with van der Waals surface area (Å²) in [6.45, 7) is 3.77. The van der Waals surface area contributed by atoms with E-state index in [-0.39, 0.29) is 12.2 Å². The van der Waals surface area contributed by atoms with Crippen molar-refractivity contribution in [3.63, 3.8) is 0 Å². The molecule has 35 heavy (non-hydrogen) atoms. The summed E-state index contributed by atoms with van der Waals surface area (Å²) in [5.74, 6) is 0.108. The number of ether oxygens (including phenoxy) is 1. The molecule has 4 aromatic rings. The third kappa shape index (κ3) is 4.67. The molecule has 5 rings (SSSR count). The van der Waals surface area contributed by atoms with Gasteiger partial charge in [-0.05, 0) is 43.7 Å². The van der Waals surface area contributed by atoms with E-state index in [0.717, 1.165) is 15.6 Å². The van der Waals surface area contributed by atoms with Gasteiger partial charge < -0.3 is 9.15 Å². The Morgan fingerprint density at radius 1 is 1.11 bits per heavy atom. The maximum Gasteiger partial charge on any atom is 0.338 e. The molecular formula is C27H22N2O4S2. The Balaban J connectivity index is 1.58. The number of thiazole rings is 1. The third-order valence-corrected chi connectivity index (χ3v) is 7.38. The normalized spacial score (nSPS) is 15.6. The van der Waals surface area contributed by atoms with Crippen molar-refractivity contribution >= 4 is 35.1 Å². The summed E-state index contributed by atoms with van der Waals surface area (Å²) in [6.07, 6.45) is 1.73. The average molecular weight is 503 g/mol. The van der Waals surface area contributed by atoms with Gasteiger partial charge in [0.15, 0.2) is 9.89 Å². The molecule has 0 spiro atoms. The van der Waals surface area contributed by atoms with Gasteiger partial charge in [0.1, 0.15) is 5.76 Å². The number of allylic oxidation sites excluding steroid dienone is 1. The number of aromatic nitrogens is 1. The Labute approximate surface area is 209 Å². The monoisotopic (exact) mass is 502 g/mol. The highest BCUT2D eigenvalue weighted by atomic mass is 32.2. The van der Waals surface area contributed by atoms with E-state index < -0.39 is 12.0 Å². The van der Waals surface area contributed by atoms with Gasteiger partial charge in [0, 0.05) is 11.0 Å². The standard InChI is InChI=1S/C27H22N2O4S2/c1-3-32-26(31)23-17(2)28-27-29(24(23)18-10-6-4-7-11-18)25(30)21(35-27)16-19-14-15-22(33-19)34-20-12-8-5-9-13-20/h4-16,24H,3H2,1-2H3/b21-16+/t24-/m0/s1. The molecule has 1 atom stereocenters. The predicted octanol–water partition coefficient (Wildman–Crippen LogP) is 4.54. The van der Waals surface area contributed by atoms with Crippen LogP contribution in [0.5, 0.6) is 0 Å². The molecule has 3 heterocycles.